The van der Waals surface area contributed by atoms with Crippen LogP contribution in [0.1, 0.15) is 32.2 Å². The van der Waals surface area contributed by atoms with Crippen molar-refractivity contribution in [3.63, 3.8) is 0 Å². The molecular formula is C12H15N5O. The van der Waals surface area contributed by atoms with E-state index in [-0.39, 0.29) is 17.3 Å². The average molecular weight is 245 g/mol. The number of carbonyl (C=O) groups excluding carboxylic acids is 1. The van der Waals surface area contributed by atoms with E-state index in [2.05, 4.69) is 15.3 Å². The summed E-state index contributed by atoms with van der Waals surface area (Å²) in [6, 6.07) is 1.71. The Kier molecular flexibility index (Phi) is 2.91. The van der Waals surface area contributed by atoms with Crippen LogP contribution in [0.4, 0.5) is 10.6 Å². The smallest absolute Gasteiger partial charge is 0.323 e. The first kappa shape index (κ1) is 12.3. The highest BCUT2D eigenvalue weighted by Crippen LogP contribution is 2.25. The molecule has 6 heteroatoms. The van der Waals surface area contributed by atoms with Gasteiger partial charge in [-0.2, -0.15) is 5.26 Å². The maximum Gasteiger partial charge on any atom is 0.323 e. The van der Waals surface area contributed by atoms with Gasteiger partial charge in [-0.15, -0.1) is 0 Å². The molecule has 1 aromatic rings. The summed E-state index contributed by atoms with van der Waals surface area (Å²) in [7, 11) is 0. The number of amides is 2. The highest BCUT2D eigenvalue weighted by molar-refractivity contribution is 5.93. The molecule has 0 bridgehead atoms. The summed E-state index contributed by atoms with van der Waals surface area (Å²) in [5, 5.41) is 11.6. The van der Waals surface area contributed by atoms with Crippen LogP contribution in [0.15, 0.2) is 6.20 Å². The number of aromatic nitrogens is 2. The molecule has 0 spiro atoms. The Hall–Kier alpha value is -2.16. The molecule has 0 saturated carbocycles. The fourth-order valence-corrected chi connectivity index (χ4v) is 1.79. The van der Waals surface area contributed by atoms with Crippen LogP contribution >= 0.6 is 0 Å². The second-order valence-corrected chi connectivity index (χ2v) is 5.46. The lowest BCUT2D eigenvalue weighted by Crippen LogP contribution is -2.48. The number of hydrogen-bond donors (Lipinski definition) is 1. The van der Waals surface area contributed by atoms with Gasteiger partial charge in [-0.25, -0.2) is 14.8 Å². The van der Waals surface area contributed by atoms with Crippen LogP contribution < -0.4 is 10.2 Å². The summed E-state index contributed by atoms with van der Waals surface area (Å²) in [5.41, 5.74) is 0.779. The minimum atomic E-state index is -0.181. The Morgan fingerprint density at radius 3 is 2.89 bits per heavy atom. The molecule has 1 aromatic heterocycles. The van der Waals surface area contributed by atoms with E-state index in [9.17, 15) is 4.79 Å². The SMILES string of the molecule is CC(C)(C)CN1C(=O)NCc2cnc(C#N)nc21. The molecule has 0 saturated heterocycles. The maximum atomic E-state index is 11.9. The molecule has 0 fully saturated rings. The fourth-order valence-electron chi connectivity index (χ4n) is 1.79. The summed E-state index contributed by atoms with van der Waals surface area (Å²) < 4.78 is 0. The van der Waals surface area contributed by atoms with E-state index in [0.29, 0.717) is 18.9 Å². The number of nitrogens with one attached hydrogen (secondary N) is 1. The average Bonchev–Trinajstić information content (AvgIpc) is 2.31. The zero-order chi connectivity index (χ0) is 13.3. The molecule has 2 amide bonds. The van der Waals surface area contributed by atoms with Crippen molar-refractivity contribution in [2.75, 3.05) is 11.4 Å². The predicted molar refractivity (Wildman–Crippen MR) is 65.8 cm³/mol. The van der Waals surface area contributed by atoms with Crippen LogP contribution in [0, 0.1) is 16.7 Å². The monoisotopic (exact) mass is 245 g/mol. The van der Waals surface area contributed by atoms with Gasteiger partial charge in [-0.1, -0.05) is 20.8 Å². The topological polar surface area (TPSA) is 81.9 Å². The zero-order valence-electron chi connectivity index (χ0n) is 10.7. The van der Waals surface area contributed by atoms with Gasteiger partial charge in [0.25, 0.3) is 0 Å². The van der Waals surface area contributed by atoms with Gasteiger partial charge < -0.3 is 5.32 Å². The first-order valence-electron chi connectivity index (χ1n) is 5.72. The molecule has 0 aliphatic carbocycles. The van der Waals surface area contributed by atoms with Crippen molar-refractivity contribution in [1.29, 1.82) is 5.26 Å². The van der Waals surface area contributed by atoms with Crippen molar-refractivity contribution < 1.29 is 4.79 Å². The molecule has 94 valence electrons. The number of hydrogen-bond acceptors (Lipinski definition) is 4. The van der Waals surface area contributed by atoms with Gasteiger partial charge in [0.05, 0.1) is 0 Å². The first-order valence-corrected chi connectivity index (χ1v) is 5.72. The number of nitrogens with zero attached hydrogens (tertiary/aromatic N) is 4. The Labute approximate surface area is 106 Å². The van der Waals surface area contributed by atoms with E-state index in [1.165, 1.54) is 0 Å². The quantitative estimate of drug-likeness (QED) is 0.811. The minimum Gasteiger partial charge on any atom is -0.333 e. The van der Waals surface area contributed by atoms with Crippen LogP contribution in [0.5, 0.6) is 0 Å². The lowest BCUT2D eigenvalue weighted by atomic mass is 9.96. The Bertz CT molecular complexity index is 526. The van der Waals surface area contributed by atoms with Crippen LogP contribution in [-0.2, 0) is 6.54 Å². The Morgan fingerprint density at radius 2 is 2.28 bits per heavy atom. The first-order chi connectivity index (χ1) is 8.40. The van der Waals surface area contributed by atoms with Crippen LogP contribution in [0.3, 0.4) is 0 Å². The molecule has 6 nitrogen and oxygen atoms in total. The third-order valence-corrected chi connectivity index (χ3v) is 2.51. The van der Waals surface area contributed by atoms with Gasteiger partial charge in [0, 0.05) is 24.8 Å². The Balaban J connectivity index is 2.43. The molecule has 2 rings (SSSR count). The highest BCUT2D eigenvalue weighted by atomic mass is 16.2. The summed E-state index contributed by atoms with van der Waals surface area (Å²) in [4.78, 5) is 21.5. The van der Waals surface area contributed by atoms with Crippen LogP contribution in [-0.4, -0.2) is 22.5 Å². The van der Waals surface area contributed by atoms with Gasteiger partial charge in [0.2, 0.25) is 5.82 Å². The number of anilines is 1. The summed E-state index contributed by atoms with van der Waals surface area (Å²) in [5.74, 6) is 0.627. The van der Waals surface area contributed by atoms with Crippen LogP contribution in [0.2, 0.25) is 0 Å². The number of carbonyl (C=O) groups is 1. The van der Waals surface area contributed by atoms with E-state index < -0.39 is 0 Å². The van der Waals surface area contributed by atoms with Crippen molar-refractivity contribution in [2.45, 2.75) is 27.3 Å². The van der Waals surface area contributed by atoms with E-state index in [1.54, 1.807) is 11.1 Å². The molecule has 18 heavy (non-hydrogen) atoms. The van der Waals surface area contributed by atoms with Crippen molar-refractivity contribution in [3.05, 3.63) is 17.6 Å². The van der Waals surface area contributed by atoms with Crippen molar-refractivity contribution in [3.8, 4) is 6.07 Å². The molecule has 0 atom stereocenters. The summed E-state index contributed by atoms with van der Waals surface area (Å²) in [6.07, 6.45) is 1.59. The molecule has 1 N–H and O–H groups in total. The number of rotatable bonds is 1. The zero-order valence-corrected chi connectivity index (χ0v) is 10.7. The van der Waals surface area contributed by atoms with Gasteiger partial charge in [0.1, 0.15) is 11.9 Å². The molecule has 0 radical (unpaired) electrons. The molecule has 1 aliphatic heterocycles. The van der Waals surface area contributed by atoms with Gasteiger partial charge in [-0.05, 0) is 5.41 Å². The van der Waals surface area contributed by atoms with Crippen molar-refractivity contribution in [2.24, 2.45) is 5.41 Å². The summed E-state index contributed by atoms with van der Waals surface area (Å²) in [6.45, 7) is 7.07. The molecular weight excluding hydrogens is 230 g/mol. The highest BCUT2D eigenvalue weighted by Gasteiger charge is 2.29. The normalized spacial score (nSPS) is 14.8. The largest absolute Gasteiger partial charge is 0.333 e. The van der Waals surface area contributed by atoms with Gasteiger partial charge >= 0.3 is 6.03 Å². The predicted octanol–water partition coefficient (Wildman–Crippen LogP) is 1.42. The van der Waals surface area contributed by atoms with Crippen molar-refractivity contribution in [1.82, 2.24) is 15.3 Å². The number of urea groups is 1. The summed E-state index contributed by atoms with van der Waals surface area (Å²) >= 11 is 0. The maximum absolute atomic E-state index is 11.9. The number of nitriles is 1. The second-order valence-electron chi connectivity index (χ2n) is 5.46. The number of fused-ring (bicyclic) bond motifs is 1. The molecule has 2 heterocycles. The van der Waals surface area contributed by atoms with Gasteiger partial charge in [0.15, 0.2) is 0 Å². The van der Waals surface area contributed by atoms with E-state index >= 15 is 0 Å². The molecule has 0 aromatic carbocycles. The lowest BCUT2D eigenvalue weighted by Gasteiger charge is -2.33. The van der Waals surface area contributed by atoms with Gasteiger partial charge in [-0.3, -0.25) is 4.90 Å². The van der Waals surface area contributed by atoms with E-state index in [0.717, 1.165) is 5.56 Å². The third kappa shape index (κ3) is 2.40. The standard InChI is InChI=1S/C12H15N5O/c1-12(2,3)7-17-10-8(6-15-11(17)18)5-14-9(4-13)16-10/h5H,6-7H2,1-3H3,(H,15,18). The van der Waals surface area contributed by atoms with Crippen molar-refractivity contribution >= 4 is 11.8 Å². The molecule has 0 unspecified atom stereocenters. The van der Waals surface area contributed by atoms with E-state index in [1.807, 2.05) is 26.8 Å². The van der Waals surface area contributed by atoms with Crippen LogP contribution in [0.25, 0.3) is 0 Å². The third-order valence-electron chi connectivity index (χ3n) is 2.51. The fraction of sp³-hybridized carbons (Fsp3) is 0.500. The molecule has 1 aliphatic rings. The lowest BCUT2D eigenvalue weighted by molar-refractivity contribution is 0.240. The Morgan fingerprint density at radius 1 is 1.56 bits per heavy atom. The van der Waals surface area contributed by atoms with E-state index in [4.69, 9.17) is 5.26 Å². The second kappa shape index (κ2) is 4.26. The minimum absolute atomic E-state index is 0.0519.